The maximum absolute atomic E-state index is 12.6. The van der Waals surface area contributed by atoms with E-state index in [0.29, 0.717) is 22.9 Å². The van der Waals surface area contributed by atoms with Crippen LogP contribution in [0.2, 0.25) is 0 Å². The Morgan fingerprint density at radius 2 is 2.03 bits per heavy atom. The number of H-pyrrole nitrogens is 1. The highest BCUT2D eigenvalue weighted by atomic mass is 32.2. The Labute approximate surface area is 205 Å². The van der Waals surface area contributed by atoms with Crippen LogP contribution < -0.4 is 15.5 Å². The lowest BCUT2D eigenvalue weighted by atomic mass is 9.90. The first-order chi connectivity index (χ1) is 17.1. The van der Waals surface area contributed by atoms with Crippen LogP contribution >= 0.6 is 0 Å². The number of para-hydroxylation sites is 1. The number of benzene rings is 2. The molecule has 0 spiro atoms. The topological polar surface area (TPSA) is 126 Å². The zero-order valence-electron chi connectivity index (χ0n) is 18.9. The van der Waals surface area contributed by atoms with Gasteiger partial charge in [0, 0.05) is 42.3 Å². The maximum Gasteiger partial charge on any atom is 0.323 e. The number of hydrogen-bond acceptors (Lipinski definition) is 6. The van der Waals surface area contributed by atoms with Gasteiger partial charge in [0.05, 0.1) is 5.39 Å². The van der Waals surface area contributed by atoms with E-state index in [2.05, 4.69) is 36.6 Å². The van der Waals surface area contributed by atoms with Crippen LogP contribution in [-0.4, -0.2) is 42.8 Å². The molecule has 9 nitrogen and oxygen atoms in total. The first-order valence-electron chi connectivity index (χ1n) is 11.4. The number of nitrogens with zero attached hydrogens (tertiary/aromatic N) is 3. The predicted molar refractivity (Wildman–Crippen MR) is 136 cm³/mol. The summed E-state index contributed by atoms with van der Waals surface area (Å²) in [6, 6.07) is 16.3. The van der Waals surface area contributed by atoms with E-state index in [1.165, 1.54) is 0 Å². The van der Waals surface area contributed by atoms with E-state index in [4.69, 9.17) is 0 Å². The average molecular weight is 490 g/mol. The van der Waals surface area contributed by atoms with Crippen molar-refractivity contribution in [2.24, 2.45) is 0 Å². The molecular formula is C25H25N6O3S-. The molecule has 0 bridgehead atoms. The molecule has 1 fully saturated rings. The summed E-state index contributed by atoms with van der Waals surface area (Å²) in [6.07, 6.45) is 5.56. The molecule has 1 aliphatic heterocycles. The second-order valence-corrected chi connectivity index (χ2v) is 9.43. The number of aromatic nitrogens is 3. The van der Waals surface area contributed by atoms with Gasteiger partial charge in [-0.3, -0.25) is 4.21 Å². The van der Waals surface area contributed by atoms with Crippen molar-refractivity contribution in [1.29, 1.82) is 0 Å². The average Bonchev–Trinajstić information content (AvgIpc) is 3.34. The van der Waals surface area contributed by atoms with Crippen molar-refractivity contribution in [3.05, 3.63) is 78.2 Å². The Morgan fingerprint density at radius 3 is 2.91 bits per heavy atom. The number of carbonyl (C=O) groups excluding carboxylic acids is 1. The summed E-state index contributed by atoms with van der Waals surface area (Å²) >= 11 is -2.24. The lowest BCUT2D eigenvalue weighted by Crippen LogP contribution is -2.35. The van der Waals surface area contributed by atoms with Crippen LogP contribution in [0.3, 0.4) is 0 Å². The fourth-order valence-corrected chi connectivity index (χ4v) is 5.11. The Morgan fingerprint density at radius 1 is 1.14 bits per heavy atom. The van der Waals surface area contributed by atoms with Crippen molar-refractivity contribution < 1.29 is 13.6 Å². The Balaban J connectivity index is 1.28. The third-order valence-electron chi connectivity index (χ3n) is 6.21. The fourth-order valence-electron chi connectivity index (χ4n) is 4.60. The van der Waals surface area contributed by atoms with E-state index in [1.807, 2.05) is 30.5 Å². The minimum absolute atomic E-state index is 0.161. The number of urea groups is 1. The second kappa shape index (κ2) is 10.2. The van der Waals surface area contributed by atoms with E-state index in [0.717, 1.165) is 48.3 Å². The van der Waals surface area contributed by atoms with Gasteiger partial charge in [-0.15, -0.1) is 0 Å². The van der Waals surface area contributed by atoms with E-state index in [-0.39, 0.29) is 5.75 Å². The summed E-state index contributed by atoms with van der Waals surface area (Å²) in [7, 11) is 0. The lowest BCUT2D eigenvalue weighted by molar-refractivity contribution is 0.262. The van der Waals surface area contributed by atoms with Crippen molar-refractivity contribution >= 4 is 45.3 Å². The van der Waals surface area contributed by atoms with Crippen LogP contribution in [0.5, 0.6) is 0 Å². The molecule has 0 saturated carbocycles. The first kappa shape index (κ1) is 23.0. The van der Waals surface area contributed by atoms with Gasteiger partial charge in [0.15, 0.2) is 0 Å². The van der Waals surface area contributed by atoms with Crippen molar-refractivity contribution in [2.75, 3.05) is 28.6 Å². The summed E-state index contributed by atoms with van der Waals surface area (Å²) in [5, 5.41) is 6.64. The van der Waals surface area contributed by atoms with E-state index >= 15 is 0 Å². The summed E-state index contributed by atoms with van der Waals surface area (Å²) in [6.45, 7) is 1.76. The zero-order chi connectivity index (χ0) is 24.2. The number of hydrogen-bond donors (Lipinski definition) is 3. The minimum atomic E-state index is -2.24. The Hall–Kier alpha value is -3.76. The third-order valence-corrected chi connectivity index (χ3v) is 6.76. The molecule has 10 heteroatoms. The third kappa shape index (κ3) is 5.33. The quantitative estimate of drug-likeness (QED) is 0.345. The molecule has 180 valence electrons. The van der Waals surface area contributed by atoms with Gasteiger partial charge in [0.25, 0.3) is 0 Å². The molecule has 2 aromatic carbocycles. The SMILES string of the molecule is O=C(Nc1cccc(C2CCCN(c3ncnc4[nH]ccc34)C2)c1)Nc1ccccc1CS(=O)[O-]. The number of piperidine rings is 1. The predicted octanol–water partition coefficient (Wildman–Crippen LogP) is 4.37. The summed E-state index contributed by atoms with van der Waals surface area (Å²) in [4.78, 5) is 26.9. The fraction of sp³-hybridized carbons (Fsp3) is 0.240. The number of amides is 2. The zero-order valence-corrected chi connectivity index (χ0v) is 19.8. The number of fused-ring (bicyclic) bond motifs is 1. The van der Waals surface area contributed by atoms with E-state index < -0.39 is 17.1 Å². The number of rotatable bonds is 6. The molecule has 2 amide bonds. The molecule has 3 N–H and O–H groups in total. The van der Waals surface area contributed by atoms with Crippen molar-refractivity contribution in [3.8, 4) is 0 Å². The van der Waals surface area contributed by atoms with Crippen LogP contribution in [0.15, 0.2) is 67.1 Å². The van der Waals surface area contributed by atoms with Crippen LogP contribution in [-0.2, 0) is 16.8 Å². The number of anilines is 3. The molecule has 2 aromatic heterocycles. The van der Waals surface area contributed by atoms with Crippen LogP contribution in [0.4, 0.5) is 22.0 Å². The number of nitrogens with one attached hydrogen (secondary N) is 3. The van der Waals surface area contributed by atoms with Crippen molar-refractivity contribution in [3.63, 3.8) is 0 Å². The molecule has 35 heavy (non-hydrogen) atoms. The maximum atomic E-state index is 12.6. The Kier molecular flexibility index (Phi) is 6.73. The summed E-state index contributed by atoms with van der Waals surface area (Å²) in [5.74, 6) is 1.07. The van der Waals surface area contributed by atoms with E-state index in [9.17, 15) is 13.6 Å². The molecule has 0 aliphatic carbocycles. The highest BCUT2D eigenvalue weighted by Gasteiger charge is 2.24. The standard InChI is InChI=1S/C25H26N6O3S/c32-25(30-22-9-2-1-5-19(22)15-35(33)34)29-20-8-3-6-17(13-20)18-7-4-12-31(14-18)24-21-10-11-26-23(21)27-16-28-24/h1-3,5-6,8-11,13,16,18H,4,7,12,14-15H2,(H,33,34)(H,26,27,28)(H2,29,30,32)/p-1. The van der Waals surface area contributed by atoms with Gasteiger partial charge < -0.3 is 25.1 Å². The van der Waals surface area contributed by atoms with Gasteiger partial charge in [0.2, 0.25) is 0 Å². The smallest absolute Gasteiger partial charge is 0.323 e. The first-order valence-corrected chi connectivity index (χ1v) is 12.7. The molecule has 4 aromatic rings. The molecule has 5 rings (SSSR count). The van der Waals surface area contributed by atoms with Crippen LogP contribution in [0.25, 0.3) is 11.0 Å². The molecular weight excluding hydrogens is 464 g/mol. The largest absolute Gasteiger partial charge is 0.772 e. The highest BCUT2D eigenvalue weighted by molar-refractivity contribution is 7.78. The van der Waals surface area contributed by atoms with E-state index in [1.54, 1.807) is 30.6 Å². The Bertz CT molecular complexity index is 1370. The van der Waals surface area contributed by atoms with Crippen molar-refractivity contribution in [1.82, 2.24) is 15.0 Å². The monoisotopic (exact) mass is 489 g/mol. The normalized spacial score (nSPS) is 16.7. The molecule has 0 radical (unpaired) electrons. The van der Waals surface area contributed by atoms with Crippen molar-refractivity contribution in [2.45, 2.75) is 24.5 Å². The van der Waals surface area contributed by atoms with Gasteiger partial charge in [-0.25, -0.2) is 14.8 Å². The van der Waals surface area contributed by atoms with Gasteiger partial charge in [-0.2, -0.15) is 0 Å². The molecule has 1 saturated heterocycles. The number of aromatic amines is 1. The molecule has 2 atom stereocenters. The van der Waals surface area contributed by atoms with Crippen LogP contribution in [0.1, 0.15) is 29.9 Å². The van der Waals surface area contributed by atoms with Gasteiger partial charge >= 0.3 is 6.03 Å². The van der Waals surface area contributed by atoms with Crippen LogP contribution in [0, 0.1) is 0 Å². The van der Waals surface area contributed by atoms with Gasteiger partial charge in [-0.1, -0.05) is 41.4 Å². The summed E-state index contributed by atoms with van der Waals surface area (Å²) in [5.41, 5.74) is 3.66. The molecule has 3 heterocycles. The number of carbonyl (C=O) groups is 1. The lowest BCUT2D eigenvalue weighted by Gasteiger charge is -2.34. The highest BCUT2D eigenvalue weighted by Crippen LogP contribution is 2.32. The molecule has 1 aliphatic rings. The van der Waals surface area contributed by atoms with Gasteiger partial charge in [0.1, 0.15) is 17.8 Å². The minimum Gasteiger partial charge on any atom is -0.772 e. The molecule has 2 unspecified atom stereocenters. The summed E-state index contributed by atoms with van der Waals surface area (Å²) < 4.78 is 22.2. The second-order valence-electron chi connectivity index (χ2n) is 8.53. The van der Waals surface area contributed by atoms with Gasteiger partial charge in [-0.05, 0) is 48.2 Å².